The number of nitrogens with zero attached hydrogens (tertiary/aromatic N) is 2. The maximum atomic E-state index is 13.6. The molecular formula is C17H20FN3O2S. The minimum Gasteiger partial charge on any atom is -0.379 e. The number of hydrogen-bond acceptors (Lipinski definition) is 5. The van der Waals surface area contributed by atoms with Gasteiger partial charge >= 0.3 is 0 Å². The Morgan fingerprint density at radius 3 is 2.92 bits per heavy atom. The molecule has 1 aliphatic rings. The smallest absolute Gasteiger partial charge is 0.242 e. The summed E-state index contributed by atoms with van der Waals surface area (Å²) < 4.78 is 19.0. The molecule has 5 nitrogen and oxygen atoms in total. The Hall–Kier alpha value is -1.83. The Balaban J connectivity index is 1.76. The number of halogens is 1. The lowest BCUT2D eigenvalue weighted by atomic mass is 10.0. The lowest BCUT2D eigenvalue weighted by Gasteiger charge is -2.33. The van der Waals surface area contributed by atoms with Crippen LogP contribution < -0.4 is 5.32 Å². The highest BCUT2D eigenvalue weighted by Gasteiger charge is 2.29. The fourth-order valence-corrected chi connectivity index (χ4v) is 3.53. The van der Waals surface area contributed by atoms with Crippen LogP contribution in [0.2, 0.25) is 0 Å². The molecule has 1 saturated heterocycles. The number of ether oxygens (including phenoxy) is 1. The van der Waals surface area contributed by atoms with Gasteiger partial charge in [-0.25, -0.2) is 9.37 Å². The highest BCUT2D eigenvalue weighted by molar-refractivity contribution is 7.11. The quantitative estimate of drug-likeness (QED) is 0.900. The molecule has 0 saturated carbocycles. The van der Waals surface area contributed by atoms with Crippen molar-refractivity contribution in [3.05, 3.63) is 51.7 Å². The van der Waals surface area contributed by atoms with E-state index in [1.54, 1.807) is 29.7 Å². The summed E-state index contributed by atoms with van der Waals surface area (Å²) in [7, 11) is 0. The molecule has 0 spiro atoms. The number of nitrogens with one attached hydrogen (secondary N) is 1. The molecule has 3 rings (SSSR count). The third kappa shape index (κ3) is 4.17. The standard InChI is InChI=1S/C17H20FN3O2S/c1-12-19-10-15(24-12)11-20-17(22)16(21-5-7-23-8-6-21)13-3-2-4-14(18)9-13/h2-4,9-10,16H,5-8,11H2,1H3,(H,20,22)/t16-/m0/s1. The maximum absolute atomic E-state index is 13.6. The van der Waals surface area contributed by atoms with Crippen LogP contribution in [0, 0.1) is 12.7 Å². The number of aromatic nitrogens is 1. The topological polar surface area (TPSA) is 54.5 Å². The summed E-state index contributed by atoms with van der Waals surface area (Å²) in [5.74, 6) is -0.467. The molecule has 24 heavy (non-hydrogen) atoms. The van der Waals surface area contributed by atoms with E-state index in [-0.39, 0.29) is 11.7 Å². The van der Waals surface area contributed by atoms with Crippen molar-refractivity contribution in [3.8, 4) is 0 Å². The first-order valence-electron chi connectivity index (χ1n) is 7.90. The van der Waals surface area contributed by atoms with E-state index in [9.17, 15) is 9.18 Å². The highest BCUT2D eigenvalue weighted by Crippen LogP contribution is 2.23. The normalized spacial score (nSPS) is 16.8. The second-order valence-corrected chi connectivity index (χ2v) is 6.99. The van der Waals surface area contributed by atoms with Gasteiger partial charge in [-0.15, -0.1) is 11.3 Å². The molecule has 1 aliphatic heterocycles. The Kier molecular flexibility index (Phi) is 5.55. The van der Waals surface area contributed by atoms with Crippen molar-refractivity contribution in [1.82, 2.24) is 15.2 Å². The fourth-order valence-electron chi connectivity index (χ4n) is 2.80. The van der Waals surface area contributed by atoms with Gasteiger partial charge in [0.05, 0.1) is 24.8 Å². The monoisotopic (exact) mass is 349 g/mol. The van der Waals surface area contributed by atoms with Gasteiger partial charge in [0.2, 0.25) is 5.91 Å². The number of amides is 1. The van der Waals surface area contributed by atoms with E-state index in [4.69, 9.17) is 4.74 Å². The minimum absolute atomic E-state index is 0.131. The molecule has 1 amide bonds. The number of aryl methyl sites for hydroxylation is 1. The van der Waals surface area contributed by atoms with E-state index in [2.05, 4.69) is 10.3 Å². The summed E-state index contributed by atoms with van der Waals surface area (Å²) in [6, 6.07) is 5.73. The van der Waals surface area contributed by atoms with Crippen LogP contribution in [-0.2, 0) is 16.1 Å². The predicted molar refractivity (Wildman–Crippen MR) is 90.2 cm³/mol. The third-order valence-corrected chi connectivity index (χ3v) is 4.84. The molecular weight excluding hydrogens is 329 g/mol. The van der Waals surface area contributed by atoms with E-state index in [1.165, 1.54) is 12.1 Å². The van der Waals surface area contributed by atoms with Crippen LogP contribution in [0.1, 0.15) is 21.5 Å². The van der Waals surface area contributed by atoms with E-state index >= 15 is 0 Å². The number of morpholine rings is 1. The first kappa shape index (κ1) is 17.0. The van der Waals surface area contributed by atoms with Gasteiger partial charge in [-0.05, 0) is 24.6 Å². The van der Waals surface area contributed by atoms with Crippen LogP contribution in [0.25, 0.3) is 0 Å². The van der Waals surface area contributed by atoms with E-state index < -0.39 is 6.04 Å². The van der Waals surface area contributed by atoms with Crippen LogP contribution in [0.4, 0.5) is 4.39 Å². The third-order valence-electron chi connectivity index (χ3n) is 3.93. The number of carbonyl (C=O) groups is 1. The summed E-state index contributed by atoms with van der Waals surface area (Å²) in [5, 5.41) is 3.92. The summed E-state index contributed by atoms with van der Waals surface area (Å²) >= 11 is 1.56. The SMILES string of the molecule is Cc1ncc(CNC(=O)[C@H](c2cccc(F)c2)N2CCOCC2)s1. The Morgan fingerprint density at radius 2 is 2.25 bits per heavy atom. The van der Waals surface area contributed by atoms with E-state index in [1.807, 2.05) is 11.8 Å². The summed E-state index contributed by atoms with van der Waals surface area (Å²) in [6.45, 7) is 4.81. The number of rotatable bonds is 5. The van der Waals surface area contributed by atoms with Crippen molar-refractivity contribution in [2.75, 3.05) is 26.3 Å². The minimum atomic E-state index is -0.515. The lowest BCUT2D eigenvalue weighted by Crippen LogP contribution is -2.45. The molecule has 2 aromatic rings. The molecule has 1 fully saturated rings. The summed E-state index contributed by atoms with van der Waals surface area (Å²) in [5.41, 5.74) is 0.662. The second kappa shape index (κ2) is 7.83. The molecule has 0 radical (unpaired) electrons. The first-order valence-corrected chi connectivity index (χ1v) is 8.71. The van der Waals surface area contributed by atoms with Gasteiger partial charge in [0, 0.05) is 24.2 Å². The number of hydrogen-bond donors (Lipinski definition) is 1. The van der Waals surface area contributed by atoms with Crippen molar-refractivity contribution < 1.29 is 13.9 Å². The molecule has 128 valence electrons. The number of carbonyl (C=O) groups excluding carboxylic acids is 1. The summed E-state index contributed by atoms with van der Waals surface area (Å²) in [6.07, 6.45) is 1.77. The van der Waals surface area contributed by atoms with Gasteiger partial charge in [0.25, 0.3) is 0 Å². The zero-order valence-electron chi connectivity index (χ0n) is 13.5. The van der Waals surface area contributed by atoms with Crippen molar-refractivity contribution in [1.29, 1.82) is 0 Å². The maximum Gasteiger partial charge on any atom is 0.242 e. The van der Waals surface area contributed by atoms with Crippen LogP contribution in [0.15, 0.2) is 30.5 Å². The van der Waals surface area contributed by atoms with Crippen LogP contribution >= 0.6 is 11.3 Å². The van der Waals surface area contributed by atoms with Gasteiger partial charge in [0.1, 0.15) is 11.9 Å². The fraction of sp³-hybridized carbons (Fsp3) is 0.412. The largest absolute Gasteiger partial charge is 0.379 e. The molecule has 2 heterocycles. The average molecular weight is 349 g/mol. The molecule has 0 bridgehead atoms. The predicted octanol–water partition coefficient (Wildman–Crippen LogP) is 2.28. The van der Waals surface area contributed by atoms with E-state index in [0.717, 1.165) is 9.88 Å². The van der Waals surface area contributed by atoms with E-state index in [0.29, 0.717) is 38.4 Å². The zero-order chi connectivity index (χ0) is 16.9. The molecule has 0 aliphatic carbocycles. The number of thiazole rings is 1. The highest BCUT2D eigenvalue weighted by atomic mass is 32.1. The first-order chi connectivity index (χ1) is 11.6. The summed E-state index contributed by atoms with van der Waals surface area (Å²) in [4.78, 5) is 20.0. The zero-order valence-corrected chi connectivity index (χ0v) is 14.3. The molecule has 7 heteroatoms. The Morgan fingerprint density at radius 1 is 1.46 bits per heavy atom. The van der Waals surface area contributed by atoms with Crippen molar-refractivity contribution >= 4 is 17.2 Å². The van der Waals surface area contributed by atoms with Crippen LogP contribution in [0.3, 0.4) is 0 Å². The van der Waals surface area contributed by atoms with Crippen LogP contribution in [-0.4, -0.2) is 42.1 Å². The van der Waals surface area contributed by atoms with Gasteiger partial charge < -0.3 is 10.1 Å². The Labute approximate surface area is 144 Å². The molecule has 1 aromatic carbocycles. The average Bonchev–Trinajstić information content (AvgIpc) is 3.00. The number of benzene rings is 1. The van der Waals surface area contributed by atoms with Gasteiger partial charge in [0.15, 0.2) is 0 Å². The van der Waals surface area contributed by atoms with Crippen LogP contribution in [0.5, 0.6) is 0 Å². The lowest BCUT2D eigenvalue weighted by molar-refractivity contribution is -0.128. The molecule has 0 unspecified atom stereocenters. The second-order valence-electron chi connectivity index (χ2n) is 5.67. The van der Waals surface area contributed by atoms with Crippen molar-refractivity contribution in [2.45, 2.75) is 19.5 Å². The Bertz CT molecular complexity index is 701. The van der Waals surface area contributed by atoms with Gasteiger partial charge in [-0.3, -0.25) is 9.69 Å². The van der Waals surface area contributed by atoms with Gasteiger partial charge in [-0.2, -0.15) is 0 Å². The molecule has 1 aromatic heterocycles. The molecule has 1 N–H and O–H groups in total. The van der Waals surface area contributed by atoms with Crippen molar-refractivity contribution in [3.63, 3.8) is 0 Å². The molecule has 1 atom stereocenters. The van der Waals surface area contributed by atoms with Crippen molar-refractivity contribution in [2.24, 2.45) is 0 Å². The van der Waals surface area contributed by atoms with Gasteiger partial charge in [-0.1, -0.05) is 12.1 Å².